The van der Waals surface area contributed by atoms with Crippen molar-refractivity contribution in [1.29, 1.82) is 0 Å². The Labute approximate surface area is 154 Å². The Kier molecular flexibility index (Phi) is 5.31. The quantitative estimate of drug-likeness (QED) is 0.723. The summed E-state index contributed by atoms with van der Waals surface area (Å²) in [7, 11) is 3.71. The van der Waals surface area contributed by atoms with Gasteiger partial charge >= 0.3 is 0 Å². The number of carbonyl (C=O) groups excluding carboxylic acids is 1. The van der Waals surface area contributed by atoms with Crippen LogP contribution in [0.5, 0.6) is 5.75 Å². The van der Waals surface area contributed by atoms with Crippen LogP contribution in [0.1, 0.15) is 37.3 Å². The van der Waals surface area contributed by atoms with Crippen molar-refractivity contribution in [1.82, 2.24) is 9.88 Å². The summed E-state index contributed by atoms with van der Waals surface area (Å²) in [4.78, 5) is 12.5. The van der Waals surface area contributed by atoms with Gasteiger partial charge in [-0.25, -0.2) is 0 Å². The van der Waals surface area contributed by atoms with E-state index in [1.165, 1.54) is 16.5 Å². The summed E-state index contributed by atoms with van der Waals surface area (Å²) in [6, 6.07) is 16.5. The second-order valence-electron chi connectivity index (χ2n) is 6.96. The number of aromatic nitrogens is 1. The van der Waals surface area contributed by atoms with Crippen LogP contribution in [-0.2, 0) is 11.8 Å². The summed E-state index contributed by atoms with van der Waals surface area (Å²) < 4.78 is 7.41. The van der Waals surface area contributed by atoms with Gasteiger partial charge in [-0.2, -0.15) is 0 Å². The van der Waals surface area contributed by atoms with Gasteiger partial charge in [-0.1, -0.05) is 30.3 Å². The Hall–Kier alpha value is -2.75. The van der Waals surface area contributed by atoms with Crippen LogP contribution in [0.15, 0.2) is 54.7 Å². The highest BCUT2D eigenvalue weighted by atomic mass is 16.5. The molecule has 0 saturated carbocycles. The topological polar surface area (TPSA) is 43.3 Å². The molecule has 3 aromatic rings. The molecule has 3 rings (SSSR count). The zero-order valence-electron chi connectivity index (χ0n) is 15.8. The monoisotopic (exact) mass is 350 g/mol. The predicted molar refractivity (Wildman–Crippen MR) is 106 cm³/mol. The lowest BCUT2D eigenvalue weighted by atomic mass is 9.88. The summed E-state index contributed by atoms with van der Waals surface area (Å²) >= 11 is 0. The first-order valence-electron chi connectivity index (χ1n) is 8.97. The number of aryl methyl sites for hydroxylation is 1. The lowest BCUT2D eigenvalue weighted by Crippen LogP contribution is -2.31. The van der Waals surface area contributed by atoms with Gasteiger partial charge in [0.1, 0.15) is 5.75 Å². The maximum atomic E-state index is 12.5. The third kappa shape index (κ3) is 3.74. The van der Waals surface area contributed by atoms with Crippen molar-refractivity contribution >= 4 is 16.8 Å². The van der Waals surface area contributed by atoms with Crippen LogP contribution < -0.4 is 10.1 Å². The number of nitrogens with one attached hydrogen (secondary N) is 1. The maximum absolute atomic E-state index is 12.5. The molecule has 26 heavy (non-hydrogen) atoms. The van der Waals surface area contributed by atoms with E-state index in [0.717, 1.165) is 11.3 Å². The SMILES string of the molecule is COc1ccc(C(CC(=O)NC(C)C)c2cn(C)c3ccccc23)cc1. The number of nitrogens with zero attached hydrogens (tertiary/aromatic N) is 1. The molecule has 0 saturated heterocycles. The number of rotatable bonds is 6. The molecule has 1 N–H and O–H groups in total. The van der Waals surface area contributed by atoms with E-state index in [1.54, 1.807) is 7.11 Å². The first-order chi connectivity index (χ1) is 12.5. The normalized spacial score (nSPS) is 12.3. The van der Waals surface area contributed by atoms with Gasteiger partial charge in [0.15, 0.2) is 0 Å². The number of carbonyl (C=O) groups is 1. The van der Waals surface area contributed by atoms with Crippen LogP contribution in [-0.4, -0.2) is 23.6 Å². The second kappa shape index (κ2) is 7.65. The average molecular weight is 350 g/mol. The van der Waals surface area contributed by atoms with Gasteiger partial charge in [0.25, 0.3) is 0 Å². The van der Waals surface area contributed by atoms with Gasteiger partial charge in [-0.05, 0) is 43.2 Å². The van der Waals surface area contributed by atoms with Gasteiger partial charge in [-0.3, -0.25) is 4.79 Å². The van der Waals surface area contributed by atoms with Crippen LogP contribution in [0, 0.1) is 0 Å². The number of hydrogen-bond donors (Lipinski definition) is 1. The van der Waals surface area contributed by atoms with E-state index in [0.29, 0.717) is 6.42 Å². The third-order valence-corrected chi connectivity index (χ3v) is 4.66. The fraction of sp³-hybridized carbons (Fsp3) is 0.318. The van der Waals surface area contributed by atoms with Crippen LogP contribution in [0.2, 0.25) is 0 Å². The number of hydrogen-bond acceptors (Lipinski definition) is 2. The van der Waals surface area contributed by atoms with Crippen molar-refractivity contribution in [3.05, 3.63) is 65.9 Å². The van der Waals surface area contributed by atoms with Crippen LogP contribution in [0.25, 0.3) is 10.9 Å². The Morgan fingerprint density at radius 2 is 1.81 bits per heavy atom. The fourth-order valence-corrected chi connectivity index (χ4v) is 3.46. The van der Waals surface area contributed by atoms with Crippen LogP contribution in [0.3, 0.4) is 0 Å². The highest BCUT2D eigenvalue weighted by Gasteiger charge is 2.22. The number of benzene rings is 2. The zero-order chi connectivity index (χ0) is 18.7. The number of fused-ring (bicyclic) bond motifs is 1. The van der Waals surface area contributed by atoms with Gasteiger partial charge < -0.3 is 14.6 Å². The molecule has 136 valence electrons. The molecule has 0 bridgehead atoms. The number of ether oxygens (including phenoxy) is 1. The van der Waals surface area contributed by atoms with E-state index in [-0.39, 0.29) is 17.9 Å². The molecule has 1 amide bonds. The molecular weight excluding hydrogens is 324 g/mol. The number of methoxy groups -OCH3 is 1. The van der Waals surface area contributed by atoms with Gasteiger partial charge in [0.05, 0.1) is 7.11 Å². The zero-order valence-corrected chi connectivity index (χ0v) is 15.8. The Morgan fingerprint density at radius 3 is 2.46 bits per heavy atom. The Balaban J connectivity index is 2.05. The van der Waals surface area contributed by atoms with E-state index < -0.39 is 0 Å². The first-order valence-corrected chi connectivity index (χ1v) is 8.97. The highest BCUT2D eigenvalue weighted by molar-refractivity contribution is 5.86. The standard InChI is InChI=1S/C22H26N2O2/c1-15(2)23-22(25)13-19(16-9-11-17(26-4)12-10-16)20-14-24(3)21-8-6-5-7-18(20)21/h5-12,14-15,19H,13H2,1-4H3,(H,23,25). The molecule has 0 aliphatic rings. The Bertz CT molecular complexity index is 894. The van der Waals surface area contributed by atoms with Crippen molar-refractivity contribution in [3.8, 4) is 5.75 Å². The molecule has 1 unspecified atom stereocenters. The molecule has 1 atom stereocenters. The van der Waals surface area contributed by atoms with Gasteiger partial charge in [-0.15, -0.1) is 0 Å². The first kappa shape index (κ1) is 18.1. The molecule has 2 aromatic carbocycles. The van der Waals surface area contributed by atoms with Crippen molar-refractivity contribution in [2.75, 3.05) is 7.11 Å². The maximum Gasteiger partial charge on any atom is 0.221 e. The number of para-hydroxylation sites is 1. The third-order valence-electron chi connectivity index (χ3n) is 4.66. The van der Waals surface area contributed by atoms with Crippen molar-refractivity contribution in [2.45, 2.75) is 32.2 Å². The molecule has 0 aliphatic carbocycles. The van der Waals surface area contributed by atoms with E-state index in [4.69, 9.17) is 4.74 Å². The van der Waals surface area contributed by atoms with Crippen LogP contribution in [0.4, 0.5) is 0 Å². The Morgan fingerprint density at radius 1 is 1.12 bits per heavy atom. The van der Waals surface area contributed by atoms with Crippen molar-refractivity contribution < 1.29 is 9.53 Å². The predicted octanol–water partition coefficient (Wildman–Crippen LogP) is 4.23. The molecule has 0 spiro atoms. The molecule has 1 aromatic heterocycles. The summed E-state index contributed by atoms with van der Waals surface area (Å²) in [6.45, 7) is 3.97. The lowest BCUT2D eigenvalue weighted by Gasteiger charge is -2.18. The highest BCUT2D eigenvalue weighted by Crippen LogP contribution is 2.35. The van der Waals surface area contributed by atoms with Crippen molar-refractivity contribution in [2.24, 2.45) is 7.05 Å². The van der Waals surface area contributed by atoms with Gasteiger partial charge in [0.2, 0.25) is 5.91 Å². The summed E-state index contributed by atoms with van der Waals surface area (Å²) in [5.74, 6) is 0.872. The molecule has 4 heteroatoms. The molecule has 0 radical (unpaired) electrons. The summed E-state index contributed by atoms with van der Waals surface area (Å²) in [5, 5.41) is 4.21. The molecule has 4 nitrogen and oxygen atoms in total. The second-order valence-corrected chi connectivity index (χ2v) is 6.96. The van der Waals surface area contributed by atoms with E-state index >= 15 is 0 Å². The average Bonchev–Trinajstić information content (AvgIpc) is 2.96. The molecule has 0 aliphatic heterocycles. The molecule has 0 fully saturated rings. The van der Waals surface area contributed by atoms with E-state index in [9.17, 15) is 4.79 Å². The fourth-order valence-electron chi connectivity index (χ4n) is 3.46. The lowest BCUT2D eigenvalue weighted by molar-refractivity contribution is -0.121. The smallest absolute Gasteiger partial charge is 0.221 e. The van der Waals surface area contributed by atoms with Gasteiger partial charge in [0, 0.05) is 42.5 Å². The van der Waals surface area contributed by atoms with Crippen LogP contribution >= 0.6 is 0 Å². The molecular formula is C22H26N2O2. The van der Waals surface area contributed by atoms with E-state index in [1.807, 2.05) is 57.3 Å². The van der Waals surface area contributed by atoms with Crippen molar-refractivity contribution in [3.63, 3.8) is 0 Å². The summed E-state index contributed by atoms with van der Waals surface area (Å²) in [5.41, 5.74) is 3.46. The summed E-state index contributed by atoms with van der Waals surface area (Å²) in [6.07, 6.45) is 2.56. The minimum Gasteiger partial charge on any atom is -0.497 e. The van der Waals surface area contributed by atoms with E-state index in [2.05, 4.69) is 28.2 Å². The minimum atomic E-state index is -0.00856. The largest absolute Gasteiger partial charge is 0.497 e. The minimum absolute atomic E-state index is 0.00856. The number of amides is 1. The molecule has 1 heterocycles.